The SMILES string of the molecule is C/C=C/CCC(CCCCCCCCCN1CCCCOc2ccccc2CN=C(NC(=O)OC(C)(C)C)NC1=O)=NC(=O)OC(C)(C)C. The van der Waals surface area contributed by atoms with E-state index in [0.29, 0.717) is 19.7 Å². The van der Waals surface area contributed by atoms with Crippen LogP contribution in [0.15, 0.2) is 46.4 Å². The Morgan fingerprint density at radius 2 is 1.63 bits per heavy atom. The van der Waals surface area contributed by atoms with E-state index in [1.807, 2.05) is 58.0 Å². The van der Waals surface area contributed by atoms with E-state index >= 15 is 0 Å². The molecule has 0 fully saturated rings. The summed E-state index contributed by atoms with van der Waals surface area (Å²) in [5.41, 5.74) is 0.504. The summed E-state index contributed by atoms with van der Waals surface area (Å²) < 4.78 is 16.8. The highest BCUT2D eigenvalue weighted by Gasteiger charge is 2.21. The molecule has 1 aromatic rings. The fourth-order valence-electron chi connectivity index (χ4n) is 5.12. The Bertz CT molecular complexity index is 1260. The first-order valence-electron chi connectivity index (χ1n) is 18.0. The molecule has 0 radical (unpaired) electrons. The third kappa shape index (κ3) is 19.6. The number of allylic oxidation sites excluding steroid dienone is 2. The van der Waals surface area contributed by atoms with Crippen LogP contribution in [0.3, 0.4) is 0 Å². The van der Waals surface area contributed by atoms with Gasteiger partial charge in [0.25, 0.3) is 0 Å². The first-order chi connectivity index (χ1) is 23.3. The first kappa shape index (κ1) is 41.3. The number of urea groups is 1. The fourth-order valence-corrected chi connectivity index (χ4v) is 5.12. The molecule has 1 heterocycles. The number of carbonyl (C=O) groups is 3. The maximum absolute atomic E-state index is 13.4. The van der Waals surface area contributed by atoms with Crippen LogP contribution in [0.2, 0.25) is 0 Å². The minimum absolute atomic E-state index is 0.0411. The Labute approximate surface area is 294 Å². The van der Waals surface area contributed by atoms with Crippen LogP contribution in [-0.4, -0.2) is 65.7 Å². The van der Waals surface area contributed by atoms with Gasteiger partial charge in [0.2, 0.25) is 5.96 Å². The molecule has 4 amide bonds. The number of fused-ring (bicyclic) bond motifs is 1. The maximum Gasteiger partial charge on any atom is 0.434 e. The van der Waals surface area contributed by atoms with Gasteiger partial charge in [-0.15, -0.1) is 0 Å². The normalized spacial score (nSPS) is 15.2. The number of unbranched alkanes of at least 4 members (excludes halogenated alkanes) is 6. The third-order valence-corrected chi connectivity index (χ3v) is 7.46. The predicted octanol–water partition coefficient (Wildman–Crippen LogP) is 9.10. The second kappa shape index (κ2) is 22.0. The van der Waals surface area contributed by atoms with E-state index in [4.69, 9.17) is 14.2 Å². The van der Waals surface area contributed by atoms with Crippen molar-refractivity contribution in [1.82, 2.24) is 15.5 Å². The molecule has 11 nitrogen and oxygen atoms in total. The molecule has 0 spiro atoms. The highest BCUT2D eigenvalue weighted by molar-refractivity contribution is 6.02. The van der Waals surface area contributed by atoms with Crippen LogP contribution in [0, 0.1) is 0 Å². The van der Waals surface area contributed by atoms with Crippen molar-refractivity contribution in [2.24, 2.45) is 9.98 Å². The molecule has 0 atom stereocenters. The van der Waals surface area contributed by atoms with E-state index in [9.17, 15) is 14.4 Å². The van der Waals surface area contributed by atoms with Crippen molar-refractivity contribution in [3.63, 3.8) is 0 Å². The number of amides is 4. The summed E-state index contributed by atoms with van der Waals surface area (Å²) in [7, 11) is 0. The number of para-hydroxylation sites is 1. The average Bonchev–Trinajstić information content (AvgIpc) is 3.00. The standard InChI is InChI=1S/C38H61N5O6/c1-8-9-15-23-31(40-35(45)48-37(2,3)4)24-16-13-11-10-12-14-19-26-43-27-20-21-28-47-32-25-18-17-22-30(32)29-39-33(41-34(43)44)42-36(46)49-38(5,6)7/h8-9,17-18,22,25H,10-16,19-21,23-24,26-29H2,1-7H3,(H2,39,41,42,44,46)/b9-8+,40-31?. The molecule has 1 aliphatic rings. The lowest BCUT2D eigenvalue weighted by Gasteiger charge is -2.24. The average molecular weight is 684 g/mol. The number of rotatable bonds is 13. The van der Waals surface area contributed by atoms with Gasteiger partial charge in [0, 0.05) is 24.4 Å². The molecule has 2 rings (SSSR count). The highest BCUT2D eigenvalue weighted by atomic mass is 16.6. The van der Waals surface area contributed by atoms with Crippen molar-refractivity contribution in [1.29, 1.82) is 0 Å². The molecule has 1 aromatic carbocycles. The molecule has 0 unspecified atom stereocenters. The summed E-state index contributed by atoms with van der Waals surface area (Å²) in [4.78, 5) is 48.8. The Kier molecular flexibility index (Phi) is 18.5. The van der Waals surface area contributed by atoms with Crippen LogP contribution < -0.4 is 15.4 Å². The number of hydrogen-bond donors (Lipinski definition) is 2. The number of aliphatic imine (C=N–C) groups is 2. The monoisotopic (exact) mass is 683 g/mol. The van der Waals surface area contributed by atoms with Crippen molar-refractivity contribution >= 4 is 29.9 Å². The number of ether oxygens (including phenoxy) is 3. The Morgan fingerprint density at radius 3 is 2.33 bits per heavy atom. The molecule has 49 heavy (non-hydrogen) atoms. The van der Waals surface area contributed by atoms with Gasteiger partial charge in [0.1, 0.15) is 17.0 Å². The molecule has 274 valence electrons. The lowest BCUT2D eigenvalue weighted by Crippen LogP contribution is -2.50. The highest BCUT2D eigenvalue weighted by Crippen LogP contribution is 2.20. The summed E-state index contributed by atoms with van der Waals surface area (Å²) in [5.74, 6) is 0.781. The van der Waals surface area contributed by atoms with Crippen molar-refractivity contribution in [2.45, 2.75) is 143 Å². The van der Waals surface area contributed by atoms with E-state index in [0.717, 1.165) is 94.1 Å². The Hall–Kier alpha value is -3.89. The summed E-state index contributed by atoms with van der Waals surface area (Å²) in [6.45, 7) is 14.8. The quantitative estimate of drug-likeness (QED) is 0.121. The number of alkyl carbamates (subject to hydrolysis) is 1. The van der Waals surface area contributed by atoms with Crippen molar-refractivity contribution in [2.75, 3.05) is 19.7 Å². The van der Waals surface area contributed by atoms with Crippen LogP contribution in [0.4, 0.5) is 14.4 Å². The third-order valence-electron chi connectivity index (χ3n) is 7.46. The summed E-state index contributed by atoms with van der Waals surface area (Å²) in [6, 6.07) is 7.34. The zero-order valence-corrected chi connectivity index (χ0v) is 31.1. The van der Waals surface area contributed by atoms with Crippen LogP contribution in [0.1, 0.15) is 131 Å². The van der Waals surface area contributed by atoms with Gasteiger partial charge in [-0.3, -0.25) is 10.6 Å². The number of nitrogens with zero attached hydrogens (tertiary/aromatic N) is 3. The molecule has 0 aliphatic carbocycles. The molecular formula is C38H61N5O6. The van der Waals surface area contributed by atoms with Crippen molar-refractivity contribution in [3.8, 4) is 5.75 Å². The van der Waals surface area contributed by atoms with E-state index in [1.165, 1.54) is 0 Å². The maximum atomic E-state index is 13.4. The topological polar surface area (TPSA) is 131 Å². The van der Waals surface area contributed by atoms with Gasteiger partial charge in [-0.25, -0.2) is 19.4 Å². The van der Waals surface area contributed by atoms with Crippen molar-refractivity contribution in [3.05, 3.63) is 42.0 Å². The first-order valence-corrected chi connectivity index (χ1v) is 18.0. The molecule has 0 saturated carbocycles. The number of carbonyl (C=O) groups excluding carboxylic acids is 3. The zero-order chi connectivity index (χ0) is 36.1. The minimum atomic E-state index is -0.699. The van der Waals surface area contributed by atoms with E-state index in [-0.39, 0.29) is 18.5 Å². The van der Waals surface area contributed by atoms with Gasteiger partial charge in [-0.1, -0.05) is 62.5 Å². The molecule has 11 heteroatoms. The molecule has 0 aromatic heterocycles. The smallest absolute Gasteiger partial charge is 0.434 e. The van der Waals surface area contributed by atoms with E-state index < -0.39 is 23.4 Å². The van der Waals surface area contributed by atoms with Gasteiger partial charge in [-0.05, 0) is 99.5 Å². The van der Waals surface area contributed by atoms with Crippen LogP contribution in [0.5, 0.6) is 5.75 Å². The summed E-state index contributed by atoms with van der Waals surface area (Å²) >= 11 is 0. The minimum Gasteiger partial charge on any atom is -0.493 e. The zero-order valence-electron chi connectivity index (χ0n) is 31.1. The largest absolute Gasteiger partial charge is 0.493 e. The van der Waals surface area contributed by atoms with Crippen LogP contribution in [-0.2, 0) is 16.0 Å². The predicted molar refractivity (Wildman–Crippen MR) is 196 cm³/mol. The number of benzene rings is 1. The molecule has 0 saturated heterocycles. The molecule has 1 aliphatic heterocycles. The van der Waals surface area contributed by atoms with Crippen LogP contribution in [0.25, 0.3) is 0 Å². The second-order valence-electron chi connectivity index (χ2n) is 14.4. The molecule has 2 N–H and O–H groups in total. The summed E-state index contributed by atoms with van der Waals surface area (Å²) in [5, 5.41) is 5.44. The lowest BCUT2D eigenvalue weighted by molar-refractivity contribution is 0.0558. The van der Waals surface area contributed by atoms with Crippen molar-refractivity contribution < 1.29 is 28.6 Å². The van der Waals surface area contributed by atoms with Gasteiger partial charge in [0.15, 0.2) is 0 Å². The Morgan fingerprint density at radius 1 is 0.959 bits per heavy atom. The van der Waals surface area contributed by atoms with E-state index in [2.05, 4.69) is 26.7 Å². The number of hydrogen-bond acceptors (Lipinski definition) is 7. The second-order valence-corrected chi connectivity index (χ2v) is 14.4. The van der Waals surface area contributed by atoms with Gasteiger partial charge in [-0.2, -0.15) is 4.99 Å². The van der Waals surface area contributed by atoms with Crippen LogP contribution >= 0.6 is 0 Å². The van der Waals surface area contributed by atoms with Gasteiger partial charge >= 0.3 is 18.2 Å². The number of nitrogens with one attached hydrogen (secondary N) is 2. The molecular weight excluding hydrogens is 622 g/mol. The van der Waals surface area contributed by atoms with Gasteiger partial charge < -0.3 is 19.1 Å². The summed E-state index contributed by atoms with van der Waals surface area (Å²) in [6.07, 6.45) is 14.2. The number of guanidine groups is 1. The Balaban J connectivity index is 1.86. The van der Waals surface area contributed by atoms with Gasteiger partial charge in [0.05, 0.1) is 13.2 Å². The fraction of sp³-hybridized carbons (Fsp3) is 0.658. The molecule has 0 bridgehead atoms. The van der Waals surface area contributed by atoms with E-state index in [1.54, 1.807) is 25.7 Å². The lowest BCUT2D eigenvalue weighted by atomic mass is 10.0.